The first-order valence-electron chi connectivity index (χ1n) is 8.43. The molecule has 5 heteroatoms. The lowest BCUT2D eigenvalue weighted by Gasteiger charge is -2.22. The first-order valence-corrected chi connectivity index (χ1v) is 8.43. The van der Waals surface area contributed by atoms with E-state index in [1.807, 2.05) is 50.2 Å². The van der Waals surface area contributed by atoms with Crippen LogP contribution < -0.4 is 0 Å². The van der Waals surface area contributed by atoms with E-state index in [1.165, 1.54) is 0 Å². The van der Waals surface area contributed by atoms with Crippen LogP contribution in [0.25, 0.3) is 0 Å². The number of nitrogens with zero attached hydrogens (tertiary/aromatic N) is 2. The van der Waals surface area contributed by atoms with Gasteiger partial charge in [0, 0.05) is 18.3 Å². The molecule has 0 N–H and O–H groups in total. The second kappa shape index (κ2) is 8.97. The van der Waals surface area contributed by atoms with Crippen molar-refractivity contribution in [2.24, 2.45) is 0 Å². The molecule has 2 rings (SSSR count). The topological polar surface area (TPSA) is 59.5 Å². The second-order valence-electron chi connectivity index (χ2n) is 5.90. The number of aryl methyl sites for hydroxylation is 2. The van der Waals surface area contributed by atoms with E-state index in [1.54, 1.807) is 18.0 Å². The van der Waals surface area contributed by atoms with Gasteiger partial charge in [0.1, 0.15) is 0 Å². The molecule has 1 aromatic carbocycles. The molecule has 0 bridgehead atoms. The van der Waals surface area contributed by atoms with Crippen LogP contribution in [0.1, 0.15) is 40.5 Å². The molecule has 0 fully saturated rings. The molecule has 0 aliphatic heterocycles. The summed E-state index contributed by atoms with van der Waals surface area (Å²) in [7, 11) is 0. The summed E-state index contributed by atoms with van der Waals surface area (Å²) in [6.45, 7) is 6.74. The van der Waals surface area contributed by atoms with E-state index in [0.29, 0.717) is 25.3 Å². The number of aromatic nitrogens is 1. The molecule has 2 aromatic rings. The molecule has 0 aliphatic carbocycles. The van der Waals surface area contributed by atoms with E-state index in [4.69, 9.17) is 4.74 Å². The van der Waals surface area contributed by atoms with Gasteiger partial charge >= 0.3 is 5.97 Å². The molecule has 132 valence electrons. The third-order valence-corrected chi connectivity index (χ3v) is 4.01. The molecule has 1 heterocycles. The fraction of sp³-hybridized carbons (Fsp3) is 0.350. The maximum Gasteiger partial charge on any atom is 0.307 e. The number of benzene rings is 1. The summed E-state index contributed by atoms with van der Waals surface area (Å²) in [5, 5.41) is 0. The first-order chi connectivity index (χ1) is 12.0. The van der Waals surface area contributed by atoms with Gasteiger partial charge < -0.3 is 9.64 Å². The van der Waals surface area contributed by atoms with Crippen LogP contribution in [0.15, 0.2) is 42.6 Å². The van der Waals surface area contributed by atoms with Gasteiger partial charge in [0.15, 0.2) is 0 Å². The van der Waals surface area contributed by atoms with E-state index in [2.05, 4.69) is 4.98 Å². The summed E-state index contributed by atoms with van der Waals surface area (Å²) in [5.41, 5.74) is 3.60. The van der Waals surface area contributed by atoms with Crippen LogP contribution in [0.3, 0.4) is 0 Å². The van der Waals surface area contributed by atoms with Crippen molar-refractivity contribution in [1.29, 1.82) is 0 Å². The predicted molar refractivity (Wildman–Crippen MR) is 96.1 cm³/mol. The van der Waals surface area contributed by atoms with Crippen LogP contribution in [-0.2, 0) is 16.1 Å². The number of pyridine rings is 1. The SMILES string of the molecule is CCOC(=O)CCN(Cc1ccccn1)C(=O)c1ccc(C)c(C)c1. The lowest BCUT2D eigenvalue weighted by atomic mass is 10.1. The molecule has 0 aliphatic rings. The molecule has 1 amide bonds. The van der Waals surface area contributed by atoms with E-state index in [-0.39, 0.29) is 18.3 Å². The largest absolute Gasteiger partial charge is 0.466 e. The zero-order valence-electron chi connectivity index (χ0n) is 15.0. The van der Waals surface area contributed by atoms with Crippen molar-refractivity contribution >= 4 is 11.9 Å². The summed E-state index contributed by atoms with van der Waals surface area (Å²) in [6.07, 6.45) is 1.86. The van der Waals surface area contributed by atoms with Gasteiger partial charge in [0.05, 0.1) is 25.3 Å². The molecule has 5 nitrogen and oxygen atoms in total. The third-order valence-electron chi connectivity index (χ3n) is 4.01. The number of carbonyl (C=O) groups is 2. The fourth-order valence-corrected chi connectivity index (χ4v) is 2.46. The van der Waals surface area contributed by atoms with Gasteiger partial charge in [-0.1, -0.05) is 12.1 Å². The number of esters is 1. The first kappa shape index (κ1) is 18.6. The molecule has 25 heavy (non-hydrogen) atoms. The number of rotatable bonds is 7. The summed E-state index contributed by atoms with van der Waals surface area (Å²) in [5.74, 6) is -0.417. The van der Waals surface area contributed by atoms with E-state index in [0.717, 1.165) is 16.8 Å². The normalized spacial score (nSPS) is 10.4. The maximum absolute atomic E-state index is 12.9. The number of hydrogen-bond donors (Lipinski definition) is 0. The number of ether oxygens (including phenoxy) is 1. The zero-order valence-corrected chi connectivity index (χ0v) is 15.0. The van der Waals surface area contributed by atoms with Gasteiger partial charge in [0.25, 0.3) is 5.91 Å². The molecule has 0 radical (unpaired) electrons. The van der Waals surface area contributed by atoms with Gasteiger partial charge in [-0.3, -0.25) is 14.6 Å². The quantitative estimate of drug-likeness (QED) is 0.726. The van der Waals surface area contributed by atoms with Gasteiger partial charge in [0.2, 0.25) is 0 Å². The molecule has 0 saturated heterocycles. The fourth-order valence-electron chi connectivity index (χ4n) is 2.46. The highest BCUT2D eigenvalue weighted by atomic mass is 16.5. The monoisotopic (exact) mass is 340 g/mol. The van der Waals surface area contributed by atoms with Crippen molar-refractivity contribution < 1.29 is 14.3 Å². The van der Waals surface area contributed by atoms with Gasteiger partial charge in [-0.25, -0.2) is 0 Å². The van der Waals surface area contributed by atoms with E-state index < -0.39 is 0 Å². The van der Waals surface area contributed by atoms with Crippen LogP contribution in [0.2, 0.25) is 0 Å². The Morgan fingerprint density at radius 2 is 1.92 bits per heavy atom. The highest BCUT2D eigenvalue weighted by Crippen LogP contribution is 2.14. The van der Waals surface area contributed by atoms with Crippen molar-refractivity contribution in [1.82, 2.24) is 9.88 Å². The Balaban J connectivity index is 2.18. The Labute approximate surface area is 148 Å². The number of amides is 1. The van der Waals surface area contributed by atoms with E-state index >= 15 is 0 Å². The maximum atomic E-state index is 12.9. The second-order valence-corrected chi connectivity index (χ2v) is 5.90. The average molecular weight is 340 g/mol. The Hall–Kier alpha value is -2.69. The Morgan fingerprint density at radius 3 is 2.56 bits per heavy atom. The van der Waals surface area contributed by atoms with Crippen molar-refractivity contribution in [3.05, 3.63) is 65.0 Å². The standard InChI is InChI=1S/C20H24N2O3/c1-4-25-19(23)10-12-22(14-18-7-5-6-11-21-18)20(24)17-9-8-15(2)16(3)13-17/h5-9,11,13H,4,10,12,14H2,1-3H3. The summed E-state index contributed by atoms with van der Waals surface area (Å²) < 4.78 is 4.97. The highest BCUT2D eigenvalue weighted by Gasteiger charge is 2.18. The van der Waals surface area contributed by atoms with Crippen LogP contribution in [0, 0.1) is 13.8 Å². The van der Waals surface area contributed by atoms with Crippen LogP contribution in [-0.4, -0.2) is 34.9 Å². The van der Waals surface area contributed by atoms with Crippen molar-refractivity contribution in [3.8, 4) is 0 Å². The molecule has 0 spiro atoms. The molecular weight excluding hydrogens is 316 g/mol. The smallest absolute Gasteiger partial charge is 0.307 e. The Kier molecular flexibility index (Phi) is 6.69. The highest BCUT2D eigenvalue weighted by molar-refractivity contribution is 5.94. The minimum absolute atomic E-state index is 0.113. The minimum Gasteiger partial charge on any atom is -0.466 e. The van der Waals surface area contributed by atoms with Gasteiger partial charge in [-0.05, 0) is 56.2 Å². The Morgan fingerprint density at radius 1 is 1.12 bits per heavy atom. The summed E-state index contributed by atoms with van der Waals surface area (Å²) in [6, 6.07) is 11.2. The number of carbonyl (C=O) groups excluding carboxylic acids is 2. The van der Waals surface area contributed by atoms with Crippen molar-refractivity contribution in [2.75, 3.05) is 13.2 Å². The molecule has 0 saturated carbocycles. The summed E-state index contributed by atoms with van der Waals surface area (Å²) in [4.78, 5) is 30.5. The molecular formula is C20H24N2O3. The van der Waals surface area contributed by atoms with Crippen LogP contribution >= 0.6 is 0 Å². The van der Waals surface area contributed by atoms with Crippen molar-refractivity contribution in [2.45, 2.75) is 33.7 Å². The Bertz CT molecular complexity index is 729. The third kappa shape index (κ3) is 5.41. The lowest BCUT2D eigenvalue weighted by Crippen LogP contribution is -2.33. The summed E-state index contributed by atoms with van der Waals surface area (Å²) >= 11 is 0. The average Bonchev–Trinajstić information content (AvgIpc) is 2.61. The van der Waals surface area contributed by atoms with Crippen LogP contribution in [0.4, 0.5) is 0 Å². The molecule has 0 atom stereocenters. The van der Waals surface area contributed by atoms with E-state index in [9.17, 15) is 9.59 Å². The zero-order chi connectivity index (χ0) is 18.2. The lowest BCUT2D eigenvalue weighted by molar-refractivity contribution is -0.143. The molecule has 0 unspecified atom stereocenters. The van der Waals surface area contributed by atoms with Crippen LogP contribution in [0.5, 0.6) is 0 Å². The van der Waals surface area contributed by atoms with Gasteiger partial charge in [-0.2, -0.15) is 0 Å². The predicted octanol–water partition coefficient (Wildman–Crippen LogP) is 3.29. The van der Waals surface area contributed by atoms with Gasteiger partial charge in [-0.15, -0.1) is 0 Å². The number of hydrogen-bond acceptors (Lipinski definition) is 4. The molecule has 1 aromatic heterocycles. The minimum atomic E-state index is -0.304. The van der Waals surface area contributed by atoms with Crippen molar-refractivity contribution in [3.63, 3.8) is 0 Å².